The average Bonchev–Trinajstić information content (AvgIpc) is 2.22. The quantitative estimate of drug-likeness (QED) is 0.585. The zero-order valence-corrected chi connectivity index (χ0v) is 9.96. The maximum Gasteiger partial charge on any atom is 0.460 e. The van der Waals surface area contributed by atoms with Gasteiger partial charge in [-0.3, -0.25) is 4.74 Å². The van der Waals surface area contributed by atoms with Crippen LogP contribution in [0.5, 0.6) is 0 Å². The lowest BCUT2D eigenvalue weighted by Gasteiger charge is -2.37. The molecule has 0 atom stereocenters. The number of ether oxygens (including phenoxy) is 1. The van der Waals surface area contributed by atoms with E-state index in [2.05, 4.69) is 0 Å². The van der Waals surface area contributed by atoms with Gasteiger partial charge < -0.3 is 0 Å². The second-order valence-corrected chi connectivity index (χ2v) is 3.86. The van der Waals surface area contributed by atoms with Crippen molar-refractivity contribution in [3.63, 3.8) is 0 Å². The second kappa shape index (κ2) is 5.42. The molecule has 0 aromatic rings. The van der Waals surface area contributed by atoms with Gasteiger partial charge in [-0.1, -0.05) is 0 Å². The summed E-state index contributed by atoms with van der Waals surface area (Å²) >= 11 is 0. The maximum atomic E-state index is 12.7. The van der Waals surface area contributed by atoms with Crippen molar-refractivity contribution in [2.45, 2.75) is 42.3 Å². The molecule has 0 bridgehead atoms. The zero-order valence-electron chi connectivity index (χ0n) is 9.96. The number of alkyl halides is 16. The van der Waals surface area contributed by atoms with Crippen LogP contribution >= 0.6 is 0 Å². The Kier molecular flexibility index (Phi) is 5.16. The Bertz CT molecular complexity index is 437. The first-order valence-corrected chi connectivity index (χ1v) is 4.68. The van der Waals surface area contributed by atoms with Crippen LogP contribution in [0.25, 0.3) is 0 Å². The highest BCUT2D eigenvalue weighted by Gasteiger charge is 2.87. The molecule has 0 aromatic heterocycles. The Hall–Kier alpha value is -1.16. The third-order valence-electron chi connectivity index (χ3n) is 2.11. The van der Waals surface area contributed by atoms with E-state index >= 15 is 0 Å². The van der Waals surface area contributed by atoms with Gasteiger partial charge >= 0.3 is 42.3 Å². The molecule has 0 fully saturated rings. The van der Waals surface area contributed by atoms with Crippen LogP contribution in [0, 0.1) is 0 Å². The van der Waals surface area contributed by atoms with E-state index in [1.54, 1.807) is 0 Å². The van der Waals surface area contributed by atoms with Gasteiger partial charge in [-0.05, 0) is 0 Å². The Balaban J connectivity index is 6.17. The van der Waals surface area contributed by atoms with Gasteiger partial charge in [-0.25, -0.2) is 0 Å². The van der Waals surface area contributed by atoms with Crippen LogP contribution in [-0.4, -0.2) is 42.3 Å². The van der Waals surface area contributed by atoms with Crippen LogP contribution < -0.4 is 0 Å². The topological polar surface area (TPSA) is 9.23 Å². The van der Waals surface area contributed by atoms with Gasteiger partial charge in [0.05, 0.1) is 0 Å². The lowest BCUT2D eigenvalue weighted by atomic mass is 10.1. The minimum Gasteiger partial charge on any atom is -0.262 e. The van der Waals surface area contributed by atoms with E-state index in [-0.39, 0.29) is 0 Å². The normalized spacial score (nSPS) is 16.5. The molecule has 0 N–H and O–H groups in total. The van der Waals surface area contributed by atoms with Gasteiger partial charge in [0.2, 0.25) is 0 Å². The van der Waals surface area contributed by atoms with E-state index in [1.807, 2.05) is 0 Å². The summed E-state index contributed by atoms with van der Waals surface area (Å²) in [7, 11) is 0. The molecule has 0 amide bonds. The standard InChI is InChI=1S/C7F16O/c8-1(9,4(13,14)15)2(10,11)7(22,23)24-3(12,5(16,17)18)6(19,20)21. The molecule has 0 unspecified atom stereocenters. The smallest absolute Gasteiger partial charge is 0.262 e. The first-order chi connectivity index (χ1) is 9.96. The first kappa shape index (κ1) is 22.8. The highest BCUT2D eigenvalue weighted by atomic mass is 19.4. The number of rotatable bonds is 4. The van der Waals surface area contributed by atoms with Crippen molar-refractivity contribution >= 4 is 0 Å². The summed E-state index contributed by atoms with van der Waals surface area (Å²) in [5, 5.41) is 0. The van der Waals surface area contributed by atoms with Crippen LogP contribution in [0.1, 0.15) is 0 Å². The molecule has 0 aromatic carbocycles. The van der Waals surface area contributed by atoms with Crippen LogP contribution in [-0.2, 0) is 4.74 Å². The summed E-state index contributed by atoms with van der Waals surface area (Å²) in [5.41, 5.74) is 0. The van der Waals surface area contributed by atoms with E-state index in [0.717, 1.165) is 4.74 Å². The van der Waals surface area contributed by atoms with E-state index in [0.29, 0.717) is 0 Å². The van der Waals surface area contributed by atoms with Crippen molar-refractivity contribution in [1.82, 2.24) is 0 Å². The third kappa shape index (κ3) is 3.30. The molecule has 0 saturated carbocycles. The van der Waals surface area contributed by atoms with Gasteiger partial charge in [0.25, 0.3) is 0 Å². The largest absolute Gasteiger partial charge is 0.460 e. The molecule has 0 heterocycles. The van der Waals surface area contributed by atoms with Crippen molar-refractivity contribution in [2.24, 2.45) is 0 Å². The van der Waals surface area contributed by atoms with Crippen LogP contribution in [0.2, 0.25) is 0 Å². The third-order valence-corrected chi connectivity index (χ3v) is 2.11. The fourth-order valence-electron chi connectivity index (χ4n) is 0.878. The minimum absolute atomic E-state index is 1.12. The predicted octanol–water partition coefficient (Wildman–Crippen LogP) is 5.22. The minimum atomic E-state index is -8.04. The molecule has 1 nitrogen and oxygen atoms in total. The van der Waals surface area contributed by atoms with Crippen molar-refractivity contribution in [3.8, 4) is 0 Å². The molecular weight excluding hydrogens is 404 g/mol. The fourth-order valence-corrected chi connectivity index (χ4v) is 0.878. The summed E-state index contributed by atoms with van der Waals surface area (Å²) in [6.45, 7) is 0. The molecule has 0 rings (SSSR count). The monoisotopic (exact) mass is 404 g/mol. The Morgan fingerprint density at radius 3 is 0.875 bits per heavy atom. The summed E-state index contributed by atoms with van der Waals surface area (Å²) in [4.78, 5) is 0. The average molecular weight is 404 g/mol. The Morgan fingerprint density at radius 1 is 0.375 bits per heavy atom. The molecule has 0 aliphatic rings. The number of hydrogen-bond acceptors (Lipinski definition) is 1. The summed E-state index contributed by atoms with van der Waals surface area (Å²) in [6.07, 6.45) is -30.6. The Morgan fingerprint density at radius 2 is 0.667 bits per heavy atom. The van der Waals surface area contributed by atoms with Gasteiger partial charge in [0.1, 0.15) is 0 Å². The highest BCUT2D eigenvalue weighted by Crippen LogP contribution is 2.57. The van der Waals surface area contributed by atoms with Crippen molar-refractivity contribution < 1.29 is 75.0 Å². The van der Waals surface area contributed by atoms with E-state index < -0.39 is 42.3 Å². The molecule has 0 saturated heterocycles. The highest BCUT2D eigenvalue weighted by molar-refractivity contribution is 4.99. The molecule has 0 aliphatic carbocycles. The van der Waals surface area contributed by atoms with E-state index in [9.17, 15) is 70.2 Å². The molecule has 17 heteroatoms. The van der Waals surface area contributed by atoms with Gasteiger partial charge in [0, 0.05) is 0 Å². The summed E-state index contributed by atoms with van der Waals surface area (Å²) < 4.78 is 194. The second-order valence-electron chi connectivity index (χ2n) is 3.86. The molecule has 0 radical (unpaired) electrons. The van der Waals surface area contributed by atoms with Gasteiger partial charge in [-0.2, -0.15) is 70.2 Å². The van der Waals surface area contributed by atoms with Crippen LogP contribution in [0.4, 0.5) is 70.2 Å². The van der Waals surface area contributed by atoms with Gasteiger partial charge in [0.15, 0.2) is 0 Å². The Labute approximate surface area is 119 Å². The van der Waals surface area contributed by atoms with Crippen molar-refractivity contribution in [3.05, 3.63) is 0 Å². The van der Waals surface area contributed by atoms with E-state index in [4.69, 9.17) is 0 Å². The molecule has 0 spiro atoms. The lowest BCUT2D eigenvalue weighted by molar-refractivity contribution is -0.524. The number of hydrogen-bond donors (Lipinski definition) is 0. The predicted molar refractivity (Wildman–Crippen MR) is 37.9 cm³/mol. The summed E-state index contributed by atoms with van der Waals surface area (Å²) in [6, 6.07) is 0. The number of halogens is 16. The summed E-state index contributed by atoms with van der Waals surface area (Å²) in [5.74, 6) is -23.6. The van der Waals surface area contributed by atoms with Crippen molar-refractivity contribution in [1.29, 1.82) is 0 Å². The van der Waals surface area contributed by atoms with E-state index in [1.165, 1.54) is 0 Å². The molecule has 0 aliphatic heterocycles. The lowest BCUT2D eigenvalue weighted by Crippen LogP contribution is -2.66. The van der Waals surface area contributed by atoms with Crippen LogP contribution in [0.15, 0.2) is 0 Å². The molecular formula is C7F16O. The van der Waals surface area contributed by atoms with Crippen LogP contribution in [0.3, 0.4) is 0 Å². The molecule has 146 valence electrons. The molecule has 24 heavy (non-hydrogen) atoms. The van der Waals surface area contributed by atoms with Crippen molar-refractivity contribution in [2.75, 3.05) is 0 Å². The SMILES string of the molecule is FC(F)(F)C(F)(F)C(F)(F)C(F)(F)OC(F)(C(F)(F)F)C(F)(F)F. The fraction of sp³-hybridized carbons (Fsp3) is 1.00. The van der Waals surface area contributed by atoms with Gasteiger partial charge in [-0.15, -0.1) is 0 Å². The zero-order chi connectivity index (χ0) is 20.2. The first-order valence-electron chi connectivity index (χ1n) is 4.68. The maximum absolute atomic E-state index is 12.7.